The van der Waals surface area contributed by atoms with Crippen LogP contribution in [0.3, 0.4) is 0 Å². The van der Waals surface area contributed by atoms with E-state index in [4.69, 9.17) is 0 Å². The van der Waals surface area contributed by atoms with E-state index in [0.29, 0.717) is 11.8 Å². The molecule has 25 heavy (non-hydrogen) atoms. The Morgan fingerprint density at radius 3 is 2.36 bits per heavy atom. The van der Waals surface area contributed by atoms with E-state index in [1.54, 1.807) is 0 Å². The topological polar surface area (TPSA) is 40.5 Å². The molecule has 5 aliphatic carbocycles. The lowest BCUT2D eigenvalue weighted by Crippen LogP contribution is -2.52. The average Bonchev–Trinajstić information content (AvgIpc) is 2.90. The predicted octanol–water partition coefficient (Wildman–Crippen LogP) is 3.51. The predicted molar refractivity (Wildman–Crippen MR) is 96.1 cm³/mol. The number of rotatable bonds is 1. The number of aliphatic hydroxyl groups is 2. The van der Waals surface area contributed by atoms with Crippen molar-refractivity contribution >= 4 is 0 Å². The fourth-order valence-corrected chi connectivity index (χ4v) is 7.65. The maximum absolute atomic E-state index is 11.5. The molecule has 0 amide bonds. The van der Waals surface area contributed by atoms with Crippen LogP contribution in [0.1, 0.15) is 41.9 Å². The molecule has 2 aromatic rings. The number of hydrogen-bond acceptors (Lipinski definition) is 2. The molecular formula is C23H24O2. The molecule has 7 atom stereocenters. The smallest absolute Gasteiger partial charge is 0.0640 e. The third-order valence-corrected chi connectivity index (χ3v) is 8.27. The number of benzene rings is 2. The molecule has 2 heteroatoms. The summed E-state index contributed by atoms with van der Waals surface area (Å²) < 4.78 is 0. The second-order valence-electron chi connectivity index (χ2n) is 8.97. The van der Waals surface area contributed by atoms with Crippen LogP contribution in [-0.4, -0.2) is 22.4 Å². The first kappa shape index (κ1) is 14.5. The van der Waals surface area contributed by atoms with Crippen LogP contribution < -0.4 is 0 Å². The summed E-state index contributed by atoms with van der Waals surface area (Å²) in [6.07, 6.45) is 3.34. The van der Waals surface area contributed by atoms with Crippen LogP contribution in [0.4, 0.5) is 0 Å². The molecule has 4 unspecified atom stereocenters. The first-order chi connectivity index (χ1) is 12.2. The fourth-order valence-electron chi connectivity index (χ4n) is 7.65. The van der Waals surface area contributed by atoms with Gasteiger partial charge >= 0.3 is 0 Å². The number of hydrogen-bond donors (Lipinski definition) is 2. The molecule has 4 saturated carbocycles. The van der Waals surface area contributed by atoms with Gasteiger partial charge in [0.1, 0.15) is 0 Å². The van der Waals surface area contributed by atoms with E-state index in [-0.39, 0.29) is 29.0 Å². The summed E-state index contributed by atoms with van der Waals surface area (Å²) in [5.74, 6) is 0.920. The van der Waals surface area contributed by atoms with E-state index in [0.717, 1.165) is 25.7 Å². The summed E-state index contributed by atoms with van der Waals surface area (Å²) >= 11 is 0. The number of aliphatic hydroxyl groups excluding tert-OH is 2. The van der Waals surface area contributed by atoms with Crippen LogP contribution in [0.25, 0.3) is 0 Å². The SMILES string of the molecule is O[C@H]1C2CC3CC14Cc1ccccc1[C@@H](c1ccccc1)C4(C2)[C@H]3O. The Bertz CT molecular complexity index is 846. The minimum atomic E-state index is -0.292. The zero-order chi connectivity index (χ0) is 16.8. The van der Waals surface area contributed by atoms with Gasteiger partial charge in [-0.3, -0.25) is 0 Å². The minimum Gasteiger partial charge on any atom is -0.392 e. The summed E-state index contributed by atoms with van der Waals surface area (Å²) in [6, 6.07) is 19.5. The number of fused-ring (bicyclic) bond motifs is 1. The van der Waals surface area contributed by atoms with Gasteiger partial charge in [-0.15, -0.1) is 0 Å². The Morgan fingerprint density at radius 1 is 0.800 bits per heavy atom. The van der Waals surface area contributed by atoms with Crippen molar-refractivity contribution in [3.05, 3.63) is 71.3 Å². The van der Waals surface area contributed by atoms with Crippen molar-refractivity contribution in [2.45, 2.75) is 43.8 Å². The summed E-state index contributed by atoms with van der Waals surface area (Å²) in [5.41, 5.74) is 3.71. The molecule has 128 valence electrons. The lowest BCUT2D eigenvalue weighted by atomic mass is 9.51. The van der Waals surface area contributed by atoms with Gasteiger partial charge in [0.2, 0.25) is 0 Å². The Balaban J connectivity index is 1.68. The molecule has 0 aromatic heterocycles. The molecule has 0 saturated heterocycles. The average molecular weight is 332 g/mol. The van der Waals surface area contributed by atoms with Gasteiger partial charge in [-0.25, -0.2) is 0 Å². The van der Waals surface area contributed by atoms with Crippen molar-refractivity contribution in [3.8, 4) is 0 Å². The van der Waals surface area contributed by atoms with E-state index < -0.39 is 0 Å². The van der Waals surface area contributed by atoms with Gasteiger partial charge in [-0.05, 0) is 54.2 Å². The second kappa shape index (κ2) is 4.55. The second-order valence-corrected chi connectivity index (χ2v) is 8.97. The highest BCUT2D eigenvalue weighted by atomic mass is 16.3. The Kier molecular flexibility index (Phi) is 2.64. The fraction of sp³-hybridized carbons (Fsp3) is 0.478. The first-order valence-corrected chi connectivity index (χ1v) is 9.66. The van der Waals surface area contributed by atoms with Gasteiger partial charge in [0, 0.05) is 16.7 Å². The highest BCUT2D eigenvalue weighted by Gasteiger charge is 2.78. The van der Waals surface area contributed by atoms with Crippen LogP contribution >= 0.6 is 0 Å². The molecule has 2 N–H and O–H groups in total. The van der Waals surface area contributed by atoms with Gasteiger partial charge in [-0.1, -0.05) is 54.6 Å². The summed E-state index contributed by atoms with van der Waals surface area (Å²) in [6.45, 7) is 0. The van der Waals surface area contributed by atoms with Crippen LogP contribution in [-0.2, 0) is 6.42 Å². The van der Waals surface area contributed by atoms with E-state index in [1.165, 1.54) is 16.7 Å². The normalized spacial score (nSPS) is 46.1. The highest BCUT2D eigenvalue weighted by Crippen LogP contribution is 2.79. The summed E-state index contributed by atoms with van der Waals surface area (Å²) in [7, 11) is 0. The van der Waals surface area contributed by atoms with Crippen molar-refractivity contribution in [2.75, 3.05) is 0 Å². The van der Waals surface area contributed by atoms with Gasteiger partial charge in [0.25, 0.3) is 0 Å². The lowest BCUT2D eigenvalue weighted by molar-refractivity contribution is -0.0674. The van der Waals surface area contributed by atoms with Gasteiger partial charge in [-0.2, -0.15) is 0 Å². The molecule has 0 radical (unpaired) electrons. The maximum atomic E-state index is 11.5. The first-order valence-electron chi connectivity index (χ1n) is 9.66. The van der Waals surface area contributed by atoms with Crippen molar-refractivity contribution in [1.82, 2.24) is 0 Å². The Hall–Kier alpha value is -1.64. The quantitative estimate of drug-likeness (QED) is 0.839. The summed E-state index contributed by atoms with van der Waals surface area (Å²) in [4.78, 5) is 0. The van der Waals surface area contributed by atoms with Crippen LogP contribution in [0, 0.1) is 22.7 Å². The van der Waals surface area contributed by atoms with Crippen LogP contribution in [0.2, 0.25) is 0 Å². The van der Waals surface area contributed by atoms with Crippen LogP contribution in [0.5, 0.6) is 0 Å². The van der Waals surface area contributed by atoms with Crippen molar-refractivity contribution in [2.24, 2.45) is 22.7 Å². The van der Waals surface area contributed by atoms with Crippen molar-refractivity contribution in [1.29, 1.82) is 0 Å². The third-order valence-electron chi connectivity index (χ3n) is 8.27. The molecular weight excluding hydrogens is 308 g/mol. The zero-order valence-electron chi connectivity index (χ0n) is 14.3. The van der Waals surface area contributed by atoms with Crippen molar-refractivity contribution < 1.29 is 10.2 Å². The van der Waals surface area contributed by atoms with Gasteiger partial charge in [0.15, 0.2) is 0 Å². The van der Waals surface area contributed by atoms with E-state index in [2.05, 4.69) is 54.6 Å². The standard InChI is InChI=1S/C23H24O2/c24-20-17-10-16-12-22(20)11-15-8-4-5-9-18(15)19(14-6-2-1-3-7-14)23(22,13-17)21(16)25/h1-9,16-17,19-21,24-25H,10-13H2/t16?,17?,19-,20+,21+,22?,23?/m1/s1. The highest BCUT2D eigenvalue weighted by molar-refractivity contribution is 5.49. The lowest BCUT2D eigenvalue weighted by Gasteiger charge is -2.53. The monoisotopic (exact) mass is 332 g/mol. The van der Waals surface area contributed by atoms with E-state index >= 15 is 0 Å². The maximum Gasteiger partial charge on any atom is 0.0640 e. The van der Waals surface area contributed by atoms with E-state index in [9.17, 15) is 10.2 Å². The largest absolute Gasteiger partial charge is 0.392 e. The molecule has 0 heterocycles. The molecule has 0 aliphatic heterocycles. The van der Waals surface area contributed by atoms with Gasteiger partial charge in [0.05, 0.1) is 12.2 Å². The van der Waals surface area contributed by atoms with E-state index in [1.807, 2.05) is 0 Å². The molecule has 4 bridgehead atoms. The van der Waals surface area contributed by atoms with Gasteiger partial charge < -0.3 is 10.2 Å². The molecule has 2 nitrogen and oxygen atoms in total. The summed E-state index contributed by atoms with van der Waals surface area (Å²) in [5, 5.41) is 22.7. The Morgan fingerprint density at radius 2 is 1.52 bits per heavy atom. The Labute approximate surface area is 148 Å². The molecule has 4 fully saturated rings. The molecule has 2 aromatic carbocycles. The third kappa shape index (κ3) is 1.47. The zero-order valence-corrected chi connectivity index (χ0v) is 14.3. The minimum absolute atomic E-state index is 0.144. The molecule has 2 spiro atoms. The molecule has 7 rings (SSSR count). The van der Waals surface area contributed by atoms with Crippen LogP contribution in [0.15, 0.2) is 54.6 Å². The van der Waals surface area contributed by atoms with Crippen molar-refractivity contribution in [3.63, 3.8) is 0 Å². The molecule has 5 aliphatic rings.